The monoisotopic (exact) mass is 615 g/mol. The number of rotatable bonds is 12. The number of aliphatic imine (C=N–C) groups is 1. The molecule has 1 aromatic carbocycles. The zero-order valence-corrected chi connectivity index (χ0v) is 25.7. The number of nitrogens with two attached hydrogens (primary N) is 1. The van der Waals surface area contributed by atoms with Gasteiger partial charge < -0.3 is 30.0 Å². The van der Waals surface area contributed by atoms with Crippen LogP contribution < -0.4 is 20.5 Å². The van der Waals surface area contributed by atoms with E-state index in [1.807, 2.05) is 25.3 Å². The van der Waals surface area contributed by atoms with E-state index >= 15 is 0 Å². The molecule has 0 unspecified atom stereocenters. The number of nitrogens with zero attached hydrogens (tertiary/aromatic N) is 7. The van der Waals surface area contributed by atoms with Crippen LogP contribution in [0.2, 0.25) is 0 Å². The van der Waals surface area contributed by atoms with Gasteiger partial charge in [0, 0.05) is 43.0 Å². The van der Waals surface area contributed by atoms with E-state index in [0.29, 0.717) is 67.5 Å². The Labute approximate surface area is 263 Å². The van der Waals surface area contributed by atoms with Crippen LogP contribution in [0.15, 0.2) is 41.8 Å². The van der Waals surface area contributed by atoms with Gasteiger partial charge in [0.1, 0.15) is 23.6 Å². The second-order valence-electron chi connectivity index (χ2n) is 11.8. The molecule has 2 aliphatic heterocycles. The molecule has 2 saturated heterocycles. The minimum atomic E-state index is -0.246. The van der Waals surface area contributed by atoms with Crippen molar-refractivity contribution in [3.8, 4) is 28.8 Å². The summed E-state index contributed by atoms with van der Waals surface area (Å²) in [7, 11) is 0. The summed E-state index contributed by atoms with van der Waals surface area (Å²) in [4.78, 5) is 15.8. The molecule has 2 aromatic heterocycles. The van der Waals surface area contributed by atoms with Gasteiger partial charge in [0.2, 0.25) is 5.95 Å². The van der Waals surface area contributed by atoms with Crippen LogP contribution >= 0.6 is 0 Å². The molecule has 0 bridgehead atoms. The van der Waals surface area contributed by atoms with Crippen LogP contribution in [0, 0.1) is 17.2 Å². The van der Waals surface area contributed by atoms with Crippen LogP contribution in [0.25, 0.3) is 11.1 Å². The van der Waals surface area contributed by atoms with E-state index in [4.69, 9.17) is 29.8 Å². The Hall–Kier alpha value is -4.25. The molecular formula is C32H41N9O4. The van der Waals surface area contributed by atoms with Crippen LogP contribution in [-0.2, 0) is 9.47 Å². The fourth-order valence-corrected chi connectivity index (χ4v) is 5.98. The lowest BCUT2D eigenvalue weighted by Crippen LogP contribution is -2.45. The molecular weight excluding hydrogens is 574 g/mol. The van der Waals surface area contributed by atoms with Crippen molar-refractivity contribution in [3.05, 3.63) is 42.4 Å². The van der Waals surface area contributed by atoms with Crippen LogP contribution in [0.3, 0.4) is 0 Å². The Kier molecular flexibility index (Phi) is 10.0. The fourth-order valence-electron chi connectivity index (χ4n) is 5.98. The Balaban J connectivity index is 1.14. The number of hydrogen-bond donors (Lipinski definition) is 2. The lowest BCUT2D eigenvalue weighted by atomic mass is 9.90. The van der Waals surface area contributed by atoms with Gasteiger partial charge in [-0.3, -0.25) is 14.6 Å². The predicted molar refractivity (Wildman–Crippen MR) is 169 cm³/mol. The number of ether oxygens (including phenoxy) is 4. The van der Waals surface area contributed by atoms with E-state index in [9.17, 15) is 5.26 Å². The normalized spacial score (nSPS) is 21.6. The summed E-state index contributed by atoms with van der Waals surface area (Å²) in [6, 6.07) is 8.52. The highest BCUT2D eigenvalue weighted by atomic mass is 16.5. The SMILES string of the molecule is C[C@@H](CN=CN)Oc1cc(-c2cnc(Nc3cn(C4CCC(N5CCOCC5)CC4)nc3OCC3COC3)nc2)ccc1C#N. The molecule has 1 aliphatic carbocycles. The van der Waals surface area contributed by atoms with Crippen LogP contribution in [0.5, 0.6) is 11.6 Å². The third kappa shape index (κ3) is 7.70. The van der Waals surface area contributed by atoms with Crippen molar-refractivity contribution in [1.82, 2.24) is 24.6 Å². The Morgan fingerprint density at radius 1 is 1.11 bits per heavy atom. The second-order valence-corrected chi connectivity index (χ2v) is 11.8. The highest BCUT2D eigenvalue weighted by molar-refractivity contribution is 5.67. The first-order chi connectivity index (χ1) is 22.1. The smallest absolute Gasteiger partial charge is 0.256 e. The van der Waals surface area contributed by atoms with Gasteiger partial charge in [-0.1, -0.05) is 6.07 Å². The van der Waals surface area contributed by atoms with Crippen LogP contribution in [-0.4, -0.2) is 95.8 Å². The standard InChI is InChI=1S/C32H41N9O4/c1-22(14-35-21-34)45-30-12-24(2-3-25(30)13-33)26-15-36-32(37-16-26)38-29-17-41(39-31(29)44-20-23-18-43-19-23)28-6-4-27(5-7-28)40-8-10-42-11-9-40/h2-3,12,15-17,21-23,27-28H,4-11,14,18-20H2,1H3,(H2,34,35)(H,36,37,38)/t22-,27?,28?/m0/s1. The third-order valence-electron chi connectivity index (χ3n) is 8.59. The topological polar surface area (TPSA) is 158 Å². The third-order valence-corrected chi connectivity index (χ3v) is 8.59. The van der Waals surface area contributed by atoms with Gasteiger partial charge in [-0.2, -0.15) is 5.26 Å². The zero-order valence-electron chi connectivity index (χ0n) is 25.7. The molecule has 0 spiro atoms. The highest BCUT2D eigenvalue weighted by Crippen LogP contribution is 2.35. The Morgan fingerprint density at radius 2 is 1.87 bits per heavy atom. The first-order valence-electron chi connectivity index (χ1n) is 15.7. The molecule has 13 heteroatoms. The average molecular weight is 616 g/mol. The van der Waals surface area contributed by atoms with Gasteiger partial charge in [-0.15, -0.1) is 5.10 Å². The summed E-state index contributed by atoms with van der Waals surface area (Å²) in [6.07, 6.45) is 10.9. The maximum absolute atomic E-state index is 9.56. The zero-order chi connectivity index (χ0) is 31.0. The van der Waals surface area contributed by atoms with Crippen molar-refractivity contribution in [2.75, 3.05) is 58.0 Å². The molecule has 6 rings (SSSR count). The van der Waals surface area contributed by atoms with Crippen molar-refractivity contribution in [2.45, 2.75) is 50.8 Å². The van der Waals surface area contributed by atoms with Crippen LogP contribution in [0.4, 0.5) is 11.6 Å². The first kappa shape index (κ1) is 30.8. The maximum Gasteiger partial charge on any atom is 0.256 e. The van der Waals surface area contributed by atoms with Crippen LogP contribution in [0.1, 0.15) is 44.2 Å². The summed E-state index contributed by atoms with van der Waals surface area (Å²) in [5, 5.41) is 17.8. The van der Waals surface area contributed by atoms with E-state index in [-0.39, 0.29) is 6.10 Å². The minimum absolute atomic E-state index is 0.246. The maximum atomic E-state index is 9.56. The molecule has 0 amide bonds. The summed E-state index contributed by atoms with van der Waals surface area (Å²) >= 11 is 0. The Morgan fingerprint density at radius 3 is 2.56 bits per heavy atom. The van der Waals surface area contributed by atoms with Crippen molar-refractivity contribution >= 4 is 18.0 Å². The number of hydrogen-bond acceptors (Lipinski definition) is 11. The minimum Gasteiger partial charge on any atom is -0.487 e. The molecule has 4 heterocycles. The van der Waals surface area contributed by atoms with Gasteiger partial charge in [0.25, 0.3) is 5.88 Å². The van der Waals surface area contributed by atoms with E-state index in [1.165, 1.54) is 6.34 Å². The second kappa shape index (κ2) is 14.7. The molecule has 3 fully saturated rings. The number of nitrogens with one attached hydrogen (secondary N) is 1. The Bertz CT molecular complexity index is 1470. The van der Waals surface area contributed by atoms with Gasteiger partial charge in [0.15, 0.2) is 0 Å². The largest absolute Gasteiger partial charge is 0.487 e. The first-order valence-corrected chi connectivity index (χ1v) is 15.7. The van der Waals surface area contributed by atoms with Crippen molar-refractivity contribution < 1.29 is 18.9 Å². The molecule has 1 saturated carbocycles. The average Bonchev–Trinajstić information content (AvgIpc) is 3.46. The summed E-state index contributed by atoms with van der Waals surface area (Å²) < 4.78 is 25.1. The van der Waals surface area contributed by atoms with Crippen molar-refractivity contribution in [2.24, 2.45) is 16.6 Å². The highest BCUT2D eigenvalue weighted by Gasteiger charge is 2.29. The molecule has 1 atom stereocenters. The molecule has 3 aromatic rings. The van der Waals surface area contributed by atoms with Gasteiger partial charge in [-0.05, 0) is 50.3 Å². The fraction of sp³-hybridized carbons (Fsp3) is 0.531. The van der Waals surface area contributed by atoms with Gasteiger partial charge >= 0.3 is 0 Å². The number of nitriles is 1. The summed E-state index contributed by atoms with van der Waals surface area (Å²) in [5.41, 5.74) is 8.15. The van der Waals surface area contributed by atoms with E-state index in [2.05, 4.69) is 35.9 Å². The lowest BCUT2D eigenvalue weighted by Gasteiger charge is -2.38. The van der Waals surface area contributed by atoms with E-state index in [1.54, 1.807) is 18.5 Å². The van der Waals surface area contributed by atoms with Gasteiger partial charge in [0.05, 0.1) is 63.7 Å². The molecule has 45 heavy (non-hydrogen) atoms. The number of anilines is 2. The molecule has 3 aliphatic rings. The molecule has 238 valence electrons. The molecule has 13 nitrogen and oxygen atoms in total. The summed E-state index contributed by atoms with van der Waals surface area (Å²) in [5.74, 6) is 1.83. The number of benzene rings is 1. The van der Waals surface area contributed by atoms with E-state index in [0.717, 1.165) is 68.8 Å². The predicted octanol–water partition coefficient (Wildman–Crippen LogP) is 3.55. The summed E-state index contributed by atoms with van der Waals surface area (Å²) in [6.45, 7) is 7.95. The number of morpholine rings is 1. The molecule has 0 radical (unpaired) electrons. The van der Waals surface area contributed by atoms with Gasteiger partial charge in [-0.25, -0.2) is 9.97 Å². The van der Waals surface area contributed by atoms with Crippen molar-refractivity contribution in [1.29, 1.82) is 5.26 Å². The lowest BCUT2D eigenvalue weighted by molar-refractivity contribution is -0.0514. The van der Waals surface area contributed by atoms with Crippen molar-refractivity contribution in [3.63, 3.8) is 0 Å². The van der Waals surface area contributed by atoms with E-state index < -0.39 is 0 Å². The molecule has 3 N–H and O–H groups in total. The number of aromatic nitrogens is 4. The quantitative estimate of drug-likeness (QED) is 0.227.